The molecule has 0 aromatic carbocycles. The maximum atomic E-state index is 2.34. The number of hydrogen-bond donors (Lipinski definition) is 0. The fraction of sp³-hybridized carbons (Fsp3) is 0.455. The number of allylic oxidation sites excluding steroid dienone is 2. The minimum absolute atomic E-state index is 0.657. The van der Waals surface area contributed by atoms with Crippen LogP contribution < -0.4 is 0 Å². The summed E-state index contributed by atoms with van der Waals surface area (Å²) in [6.45, 7) is 8.99. The van der Waals surface area contributed by atoms with E-state index in [9.17, 15) is 0 Å². The molecule has 1 aromatic rings. The molecule has 1 heterocycles. The number of aryl methyl sites for hydroxylation is 1. The first kappa shape index (κ1) is 8.06. The lowest BCUT2D eigenvalue weighted by Gasteiger charge is -2.03. The number of hydrogen-bond acceptors (Lipinski definition) is 1. The Morgan fingerprint density at radius 2 is 1.92 bits per heavy atom. The van der Waals surface area contributed by atoms with Crippen molar-refractivity contribution < 1.29 is 0 Å². The topological polar surface area (TPSA) is 0 Å². The van der Waals surface area contributed by atoms with Gasteiger partial charge in [-0.25, -0.2) is 0 Å². The van der Waals surface area contributed by atoms with Crippen LogP contribution in [0.15, 0.2) is 11.6 Å². The SMILES string of the molecule is CC1=C(C)[C@H](C)c2cc(C)sc21. The van der Waals surface area contributed by atoms with E-state index in [1.165, 1.54) is 15.3 Å². The monoisotopic (exact) mass is 178 g/mol. The second-order valence-corrected chi connectivity index (χ2v) is 4.93. The molecule has 1 atom stereocenters. The van der Waals surface area contributed by atoms with Crippen molar-refractivity contribution in [3.8, 4) is 0 Å². The van der Waals surface area contributed by atoms with Gasteiger partial charge in [-0.1, -0.05) is 12.5 Å². The average Bonchev–Trinajstić information content (AvgIpc) is 2.49. The lowest BCUT2D eigenvalue weighted by Crippen LogP contribution is -1.86. The van der Waals surface area contributed by atoms with E-state index < -0.39 is 0 Å². The van der Waals surface area contributed by atoms with E-state index in [2.05, 4.69) is 33.8 Å². The highest BCUT2D eigenvalue weighted by Crippen LogP contribution is 2.45. The molecule has 0 amide bonds. The highest BCUT2D eigenvalue weighted by atomic mass is 32.1. The quantitative estimate of drug-likeness (QED) is 0.564. The van der Waals surface area contributed by atoms with Gasteiger partial charge >= 0.3 is 0 Å². The molecule has 2 rings (SSSR count). The summed E-state index contributed by atoms with van der Waals surface area (Å²) in [7, 11) is 0. The fourth-order valence-electron chi connectivity index (χ4n) is 1.89. The Labute approximate surface area is 77.9 Å². The Balaban J connectivity index is 2.63. The smallest absolute Gasteiger partial charge is 0.0340 e. The van der Waals surface area contributed by atoms with Gasteiger partial charge in [-0.15, -0.1) is 11.3 Å². The Morgan fingerprint density at radius 3 is 2.50 bits per heavy atom. The van der Waals surface area contributed by atoms with Crippen LogP contribution in [0.2, 0.25) is 0 Å². The van der Waals surface area contributed by atoms with Crippen LogP contribution in [0.3, 0.4) is 0 Å². The molecule has 0 radical (unpaired) electrons. The van der Waals surface area contributed by atoms with Crippen LogP contribution in [0.5, 0.6) is 0 Å². The molecule has 0 aliphatic heterocycles. The van der Waals surface area contributed by atoms with Crippen molar-refractivity contribution in [2.24, 2.45) is 0 Å². The van der Waals surface area contributed by atoms with Gasteiger partial charge in [0.05, 0.1) is 0 Å². The number of thiophene rings is 1. The molecule has 1 aliphatic carbocycles. The molecular weight excluding hydrogens is 164 g/mol. The Bertz CT molecular complexity index is 355. The maximum absolute atomic E-state index is 2.34. The molecule has 0 bridgehead atoms. The first-order valence-corrected chi connectivity index (χ1v) is 5.21. The lowest BCUT2D eigenvalue weighted by atomic mass is 10.0. The van der Waals surface area contributed by atoms with Crippen LogP contribution in [-0.4, -0.2) is 0 Å². The molecular formula is C11H14S. The molecule has 1 aliphatic rings. The van der Waals surface area contributed by atoms with Crippen molar-refractivity contribution in [1.29, 1.82) is 0 Å². The molecule has 1 heteroatoms. The summed E-state index contributed by atoms with van der Waals surface area (Å²) in [5.74, 6) is 0.657. The highest BCUT2D eigenvalue weighted by molar-refractivity contribution is 7.13. The lowest BCUT2D eigenvalue weighted by molar-refractivity contribution is 0.922. The van der Waals surface area contributed by atoms with Crippen molar-refractivity contribution in [3.05, 3.63) is 27.0 Å². The minimum atomic E-state index is 0.657. The Kier molecular flexibility index (Phi) is 1.65. The first-order chi connectivity index (χ1) is 5.61. The predicted octanol–water partition coefficient (Wildman–Crippen LogP) is 3.97. The summed E-state index contributed by atoms with van der Waals surface area (Å²) >= 11 is 1.93. The summed E-state index contributed by atoms with van der Waals surface area (Å²) in [5, 5.41) is 0. The summed E-state index contributed by atoms with van der Waals surface area (Å²) in [6, 6.07) is 2.34. The minimum Gasteiger partial charge on any atom is -0.141 e. The molecule has 64 valence electrons. The third-order valence-corrected chi connectivity index (χ3v) is 4.12. The van der Waals surface area contributed by atoms with Gasteiger partial charge in [-0.3, -0.25) is 0 Å². The molecule has 0 saturated carbocycles. The van der Waals surface area contributed by atoms with Crippen LogP contribution in [-0.2, 0) is 0 Å². The van der Waals surface area contributed by atoms with Gasteiger partial charge in [0.25, 0.3) is 0 Å². The van der Waals surface area contributed by atoms with E-state index in [1.54, 1.807) is 11.1 Å². The van der Waals surface area contributed by atoms with Crippen LogP contribution >= 0.6 is 11.3 Å². The predicted molar refractivity (Wildman–Crippen MR) is 55.7 cm³/mol. The van der Waals surface area contributed by atoms with Gasteiger partial charge in [0.2, 0.25) is 0 Å². The van der Waals surface area contributed by atoms with Gasteiger partial charge in [0.1, 0.15) is 0 Å². The molecule has 0 unspecified atom stereocenters. The van der Waals surface area contributed by atoms with Gasteiger partial charge in [-0.2, -0.15) is 0 Å². The number of fused-ring (bicyclic) bond motifs is 1. The fourth-order valence-corrected chi connectivity index (χ4v) is 3.06. The maximum Gasteiger partial charge on any atom is 0.0340 e. The zero-order valence-electron chi connectivity index (χ0n) is 8.06. The van der Waals surface area contributed by atoms with Crippen molar-refractivity contribution in [3.63, 3.8) is 0 Å². The Morgan fingerprint density at radius 1 is 1.25 bits per heavy atom. The van der Waals surface area contributed by atoms with Crippen molar-refractivity contribution >= 4 is 16.9 Å². The van der Waals surface area contributed by atoms with Gasteiger partial charge < -0.3 is 0 Å². The summed E-state index contributed by atoms with van der Waals surface area (Å²) in [6.07, 6.45) is 0. The average molecular weight is 178 g/mol. The van der Waals surface area contributed by atoms with Crippen LogP contribution in [0.25, 0.3) is 5.57 Å². The van der Waals surface area contributed by atoms with Gasteiger partial charge in [-0.05, 0) is 38.0 Å². The summed E-state index contributed by atoms with van der Waals surface area (Å²) in [4.78, 5) is 2.97. The zero-order valence-corrected chi connectivity index (χ0v) is 8.88. The molecule has 0 N–H and O–H groups in total. The highest BCUT2D eigenvalue weighted by Gasteiger charge is 2.24. The normalized spacial score (nSPS) is 21.8. The van der Waals surface area contributed by atoms with Crippen LogP contribution in [0.1, 0.15) is 42.0 Å². The third kappa shape index (κ3) is 0.893. The van der Waals surface area contributed by atoms with Gasteiger partial charge in [0.15, 0.2) is 0 Å². The van der Waals surface area contributed by atoms with Crippen molar-refractivity contribution in [1.82, 2.24) is 0 Å². The van der Waals surface area contributed by atoms with E-state index in [0.717, 1.165) is 0 Å². The molecule has 0 fully saturated rings. The van der Waals surface area contributed by atoms with E-state index in [4.69, 9.17) is 0 Å². The van der Waals surface area contributed by atoms with E-state index >= 15 is 0 Å². The van der Waals surface area contributed by atoms with Gasteiger partial charge in [0, 0.05) is 15.7 Å². The van der Waals surface area contributed by atoms with Crippen LogP contribution in [0, 0.1) is 6.92 Å². The molecule has 0 saturated heterocycles. The zero-order chi connectivity index (χ0) is 8.88. The number of rotatable bonds is 0. The van der Waals surface area contributed by atoms with E-state index in [0.29, 0.717) is 5.92 Å². The third-order valence-electron chi connectivity index (χ3n) is 2.93. The molecule has 0 spiro atoms. The van der Waals surface area contributed by atoms with E-state index in [1.807, 2.05) is 11.3 Å². The summed E-state index contributed by atoms with van der Waals surface area (Å²) in [5.41, 5.74) is 4.61. The molecule has 1 aromatic heterocycles. The molecule has 0 nitrogen and oxygen atoms in total. The Hall–Kier alpha value is -0.560. The summed E-state index contributed by atoms with van der Waals surface area (Å²) < 4.78 is 0. The standard InChI is InChI=1S/C11H14S/c1-6-5-10-8(3)7(2)9(4)11(10)12-6/h5,8H,1-4H3/t8-/m0/s1. The van der Waals surface area contributed by atoms with E-state index in [-0.39, 0.29) is 0 Å². The second kappa shape index (κ2) is 2.46. The second-order valence-electron chi connectivity index (χ2n) is 3.67. The molecule has 12 heavy (non-hydrogen) atoms. The van der Waals surface area contributed by atoms with Crippen LogP contribution in [0.4, 0.5) is 0 Å². The first-order valence-electron chi connectivity index (χ1n) is 4.39. The van der Waals surface area contributed by atoms with Crippen molar-refractivity contribution in [2.45, 2.75) is 33.6 Å². The van der Waals surface area contributed by atoms with Crippen molar-refractivity contribution in [2.75, 3.05) is 0 Å². The largest absolute Gasteiger partial charge is 0.141 e.